The summed E-state index contributed by atoms with van der Waals surface area (Å²) >= 11 is 0. The highest BCUT2D eigenvalue weighted by Gasteiger charge is 2.69. The number of allylic oxidation sites excluding steroid dienone is 2. The van der Waals surface area contributed by atoms with Gasteiger partial charge in [-0.25, -0.2) is 0 Å². The molecule has 0 N–H and O–H groups in total. The largest absolute Gasteiger partial charge is 0.103 e. The third-order valence-electron chi connectivity index (χ3n) is 8.02. The van der Waals surface area contributed by atoms with Gasteiger partial charge in [0, 0.05) is 0 Å². The van der Waals surface area contributed by atoms with E-state index in [1.165, 1.54) is 38.5 Å². The van der Waals surface area contributed by atoms with Crippen LogP contribution in [0.5, 0.6) is 0 Å². The number of rotatable bonds is 2. The Morgan fingerprint density at radius 1 is 0.556 bits per heavy atom. The van der Waals surface area contributed by atoms with Crippen molar-refractivity contribution < 1.29 is 0 Å². The van der Waals surface area contributed by atoms with Crippen LogP contribution in [0.2, 0.25) is 0 Å². The van der Waals surface area contributed by atoms with Crippen molar-refractivity contribution in [3.05, 3.63) is 25.3 Å². The van der Waals surface area contributed by atoms with Crippen LogP contribution >= 0.6 is 0 Å². The summed E-state index contributed by atoms with van der Waals surface area (Å²) in [6.45, 7) is 8.39. The van der Waals surface area contributed by atoms with Gasteiger partial charge in [-0.3, -0.25) is 0 Å². The molecule has 96 valence electrons. The summed E-state index contributed by atoms with van der Waals surface area (Å²) in [5.74, 6) is 6.36. The van der Waals surface area contributed by atoms with Crippen LogP contribution in [0.3, 0.4) is 0 Å². The second-order valence-electron chi connectivity index (χ2n) is 8.34. The molecule has 0 saturated heterocycles. The van der Waals surface area contributed by atoms with Crippen LogP contribution in [0.25, 0.3) is 0 Å². The molecule has 0 radical (unpaired) electrons. The van der Waals surface area contributed by atoms with Crippen molar-refractivity contribution in [1.29, 1.82) is 0 Å². The minimum absolute atomic E-state index is 0.565. The molecule has 7 aliphatic rings. The molecule has 0 nitrogen and oxygen atoms in total. The van der Waals surface area contributed by atoms with Crippen molar-refractivity contribution >= 4 is 0 Å². The van der Waals surface area contributed by atoms with Crippen LogP contribution in [0.4, 0.5) is 0 Å². The summed E-state index contributed by atoms with van der Waals surface area (Å²) in [6.07, 6.45) is 13.6. The van der Waals surface area contributed by atoms with Crippen molar-refractivity contribution in [1.82, 2.24) is 0 Å². The molecule has 8 bridgehead atoms. The Morgan fingerprint density at radius 2 is 0.778 bits per heavy atom. The zero-order valence-corrected chi connectivity index (χ0v) is 11.3. The summed E-state index contributed by atoms with van der Waals surface area (Å²) in [6, 6.07) is 0. The van der Waals surface area contributed by atoms with E-state index < -0.39 is 0 Å². The van der Waals surface area contributed by atoms with Crippen LogP contribution in [0.1, 0.15) is 38.5 Å². The second kappa shape index (κ2) is 2.81. The molecule has 0 aliphatic heterocycles. The van der Waals surface area contributed by atoms with Crippen LogP contribution in [0, 0.1) is 46.3 Å². The summed E-state index contributed by atoms with van der Waals surface area (Å²) in [7, 11) is 0. The van der Waals surface area contributed by atoms with Crippen LogP contribution in [0.15, 0.2) is 25.3 Å². The molecular weight excluding hydrogens is 216 g/mol. The average molecular weight is 240 g/mol. The third kappa shape index (κ3) is 0.917. The molecule has 0 aromatic heterocycles. The number of hydrogen-bond acceptors (Lipinski definition) is 0. The first kappa shape index (κ1) is 10.3. The van der Waals surface area contributed by atoms with Crippen molar-refractivity contribution in [2.24, 2.45) is 46.3 Å². The normalized spacial score (nSPS) is 66.4. The highest BCUT2D eigenvalue weighted by Crippen LogP contribution is 2.77. The molecule has 0 spiro atoms. The highest BCUT2D eigenvalue weighted by atomic mass is 14.7. The average Bonchev–Trinajstić information content (AvgIpc) is 2.43. The molecule has 0 heterocycles. The highest BCUT2D eigenvalue weighted by molar-refractivity contribution is 5.23. The van der Waals surface area contributed by atoms with E-state index in [1.54, 1.807) is 0 Å². The van der Waals surface area contributed by atoms with Crippen molar-refractivity contribution in [3.63, 3.8) is 0 Å². The first-order valence-electron chi connectivity index (χ1n) is 7.96. The first-order chi connectivity index (χ1) is 8.69. The van der Waals surface area contributed by atoms with Crippen LogP contribution in [-0.2, 0) is 0 Å². The molecule has 7 saturated carbocycles. The van der Waals surface area contributed by atoms with Crippen molar-refractivity contribution in [3.8, 4) is 0 Å². The predicted octanol–water partition coefficient (Wildman–Crippen LogP) is 4.44. The molecule has 0 heteroatoms. The van der Waals surface area contributed by atoms with Gasteiger partial charge in [0.05, 0.1) is 0 Å². The van der Waals surface area contributed by atoms with E-state index in [4.69, 9.17) is 0 Å². The molecular formula is C18H24. The van der Waals surface area contributed by atoms with Gasteiger partial charge in [0.1, 0.15) is 0 Å². The van der Waals surface area contributed by atoms with Gasteiger partial charge in [-0.2, -0.15) is 0 Å². The molecule has 18 heavy (non-hydrogen) atoms. The Labute approximate surface area is 111 Å². The van der Waals surface area contributed by atoms with E-state index in [0.29, 0.717) is 10.8 Å². The van der Waals surface area contributed by atoms with Crippen molar-refractivity contribution in [2.75, 3.05) is 0 Å². The lowest BCUT2D eigenvalue weighted by molar-refractivity contribution is -0.237. The summed E-state index contributed by atoms with van der Waals surface area (Å²) in [5.41, 5.74) is 1.13. The van der Waals surface area contributed by atoms with E-state index in [2.05, 4.69) is 25.3 Å². The number of hydrogen-bond donors (Lipinski definition) is 0. The molecule has 7 rings (SSSR count). The van der Waals surface area contributed by atoms with Gasteiger partial charge >= 0.3 is 0 Å². The minimum Gasteiger partial charge on any atom is -0.103 e. The van der Waals surface area contributed by atoms with E-state index in [9.17, 15) is 0 Å². The smallest absolute Gasteiger partial charge is 0.0112 e. The lowest BCUT2D eigenvalue weighted by Crippen LogP contribution is -2.66. The first-order valence-corrected chi connectivity index (χ1v) is 7.96. The Morgan fingerprint density at radius 3 is 0.944 bits per heavy atom. The molecule has 0 unspecified atom stereocenters. The van der Waals surface area contributed by atoms with Gasteiger partial charge in [-0.1, -0.05) is 12.2 Å². The molecule has 0 aromatic rings. The van der Waals surface area contributed by atoms with Gasteiger partial charge in [-0.15, -0.1) is 13.2 Å². The van der Waals surface area contributed by atoms with Gasteiger partial charge in [0.25, 0.3) is 0 Å². The Bertz CT molecular complexity index is 338. The maximum Gasteiger partial charge on any atom is -0.0112 e. The SMILES string of the molecule is C=CC12CC3C4CC5(C=C)CC3C(C1)C(C5)C4C2. The second-order valence-corrected chi connectivity index (χ2v) is 8.34. The van der Waals surface area contributed by atoms with Gasteiger partial charge < -0.3 is 0 Å². The van der Waals surface area contributed by atoms with E-state index in [1.807, 2.05) is 0 Å². The predicted molar refractivity (Wildman–Crippen MR) is 73.9 cm³/mol. The topological polar surface area (TPSA) is 0 Å². The molecule has 7 aliphatic carbocycles. The Hall–Kier alpha value is -0.520. The van der Waals surface area contributed by atoms with E-state index >= 15 is 0 Å². The quantitative estimate of drug-likeness (QED) is 0.626. The molecule has 7 fully saturated rings. The van der Waals surface area contributed by atoms with Crippen molar-refractivity contribution in [2.45, 2.75) is 38.5 Å². The van der Waals surface area contributed by atoms with E-state index in [0.717, 1.165) is 35.5 Å². The third-order valence-corrected chi connectivity index (χ3v) is 8.02. The zero-order valence-electron chi connectivity index (χ0n) is 11.3. The lowest BCUT2D eigenvalue weighted by atomic mass is 9.30. The summed E-state index contributed by atoms with van der Waals surface area (Å²) in [4.78, 5) is 0. The van der Waals surface area contributed by atoms with Gasteiger partial charge in [0.15, 0.2) is 0 Å². The summed E-state index contributed by atoms with van der Waals surface area (Å²) in [5, 5.41) is 0. The van der Waals surface area contributed by atoms with Gasteiger partial charge in [0.2, 0.25) is 0 Å². The molecule has 0 aromatic carbocycles. The maximum absolute atomic E-state index is 4.20. The summed E-state index contributed by atoms with van der Waals surface area (Å²) < 4.78 is 0. The standard InChI is InChI=1S/C18H24/c1-3-17-5-11-14-8-18(4-2)9-15(11)13(7-17)16(10-18)12(14)6-17/h3-4,11-16H,1-2,5-10H2. The van der Waals surface area contributed by atoms with Crippen LogP contribution in [-0.4, -0.2) is 0 Å². The van der Waals surface area contributed by atoms with E-state index in [-0.39, 0.29) is 0 Å². The minimum atomic E-state index is 0.565. The fourth-order valence-electron chi connectivity index (χ4n) is 7.54. The Kier molecular flexibility index (Phi) is 1.61. The monoisotopic (exact) mass is 240 g/mol. The van der Waals surface area contributed by atoms with Crippen LogP contribution < -0.4 is 0 Å². The molecule has 0 atom stereocenters. The molecule has 0 amide bonds. The fraction of sp³-hybridized carbons (Fsp3) is 0.778. The van der Waals surface area contributed by atoms with Gasteiger partial charge in [-0.05, 0) is 84.9 Å². The fourth-order valence-corrected chi connectivity index (χ4v) is 7.54. The maximum atomic E-state index is 4.20. The Balaban J connectivity index is 1.65. The zero-order chi connectivity index (χ0) is 12.1. The lowest BCUT2D eigenvalue weighted by Gasteiger charge is -2.74.